The smallest absolute Gasteiger partial charge is 0.243 e. The second-order valence-electron chi connectivity index (χ2n) is 5.27. The van der Waals surface area contributed by atoms with Crippen LogP contribution in [0.1, 0.15) is 12.8 Å². The number of hydrogen-bond acceptors (Lipinski definition) is 4. The van der Waals surface area contributed by atoms with Gasteiger partial charge in [-0.3, -0.25) is 9.59 Å². The van der Waals surface area contributed by atoms with Crippen LogP contribution in [0.4, 0.5) is 11.4 Å². The predicted molar refractivity (Wildman–Crippen MR) is 79.3 cm³/mol. The van der Waals surface area contributed by atoms with Crippen LogP contribution in [-0.4, -0.2) is 44.2 Å². The van der Waals surface area contributed by atoms with Gasteiger partial charge in [0.1, 0.15) is 6.04 Å². The van der Waals surface area contributed by atoms with Crippen molar-refractivity contribution in [2.75, 3.05) is 36.5 Å². The van der Waals surface area contributed by atoms with Crippen molar-refractivity contribution in [1.29, 1.82) is 0 Å². The minimum atomic E-state index is -0.307. The summed E-state index contributed by atoms with van der Waals surface area (Å²) >= 11 is 0. The van der Waals surface area contributed by atoms with Crippen molar-refractivity contribution in [3.05, 3.63) is 24.3 Å². The lowest BCUT2D eigenvalue weighted by atomic mass is 10.2. The molecule has 1 atom stereocenters. The molecule has 21 heavy (non-hydrogen) atoms. The third kappa shape index (κ3) is 3.22. The molecule has 0 aromatic heterocycles. The molecule has 2 fully saturated rings. The molecule has 0 spiro atoms. The summed E-state index contributed by atoms with van der Waals surface area (Å²) in [5, 5.41) is 5.97. The maximum Gasteiger partial charge on any atom is 0.243 e. The number of anilines is 2. The summed E-state index contributed by atoms with van der Waals surface area (Å²) < 4.78 is 5.27. The monoisotopic (exact) mass is 289 g/mol. The summed E-state index contributed by atoms with van der Waals surface area (Å²) in [5.74, 6) is 0.0649. The first kappa shape index (κ1) is 14.0. The number of amides is 2. The van der Waals surface area contributed by atoms with Gasteiger partial charge >= 0.3 is 0 Å². The van der Waals surface area contributed by atoms with Gasteiger partial charge in [-0.1, -0.05) is 0 Å². The Balaban J connectivity index is 1.61. The number of benzene rings is 1. The molecule has 6 nitrogen and oxygen atoms in total. The summed E-state index contributed by atoms with van der Waals surface area (Å²) in [7, 11) is 0. The van der Waals surface area contributed by atoms with Crippen LogP contribution in [0, 0.1) is 0 Å². The van der Waals surface area contributed by atoms with Gasteiger partial charge in [0.2, 0.25) is 11.8 Å². The number of hydrogen-bond donors (Lipinski definition) is 2. The summed E-state index contributed by atoms with van der Waals surface area (Å²) in [4.78, 5) is 25.5. The molecule has 0 bridgehead atoms. The Morgan fingerprint density at radius 3 is 2.76 bits per heavy atom. The Bertz CT molecular complexity index is 523. The van der Waals surface area contributed by atoms with Gasteiger partial charge in [0.15, 0.2) is 0 Å². The largest absolute Gasteiger partial charge is 0.378 e. The lowest BCUT2D eigenvalue weighted by molar-refractivity contribution is -0.121. The lowest BCUT2D eigenvalue weighted by Gasteiger charge is -2.23. The average Bonchev–Trinajstić information content (AvgIpc) is 2.95. The highest BCUT2D eigenvalue weighted by atomic mass is 16.5. The van der Waals surface area contributed by atoms with Gasteiger partial charge in [0.05, 0.1) is 13.2 Å². The molecular formula is C15H19N3O3. The summed E-state index contributed by atoms with van der Waals surface area (Å²) in [6.07, 6.45) is 1.52. The lowest BCUT2D eigenvalue weighted by Crippen LogP contribution is -2.48. The molecule has 0 saturated carbocycles. The topological polar surface area (TPSA) is 70.7 Å². The first-order chi connectivity index (χ1) is 10.2. The fourth-order valence-corrected chi connectivity index (χ4v) is 2.61. The zero-order valence-corrected chi connectivity index (χ0v) is 11.8. The third-order valence-corrected chi connectivity index (χ3v) is 3.76. The Kier molecular flexibility index (Phi) is 4.17. The van der Waals surface area contributed by atoms with Crippen LogP contribution < -0.4 is 15.5 Å². The van der Waals surface area contributed by atoms with Gasteiger partial charge in [-0.05, 0) is 30.7 Å². The van der Waals surface area contributed by atoms with Crippen molar-refractivity contribution in [2.24, 2.45) is 0 Å². The van der Waals surface area contributed by atoms with Gasteiger partial charge < -0.3 is 20.3 Å². The molecule has 2 heterocycles. The van der Waals surface area contributed by atoms with Crippen LogP contribution in [-0.2, 0) is 14.3 Å². The van der Waals surface area contributed by atoms with E-state index in [0.717, 1.165) is 24.3 Å². The zero-order chi connectivity index (χ0) is 14.7. The maximum absolute atomic E-state index is 12.0. The summed E-state index contributed by atoms with van der Waals surface area (Å²) in [6, 6.07) is 7.07. The van der Waals surface area contributed by atoms with Crippen molar-refractivity contribution in [3.63, 3.8) is 0 Å². The van der Waals surface area contributed by atoms with E-state index < -0.39 is 0 Å². The predicted octanol–water partition coefficient (Wildman–Crippen LogP) is 0.740. The third-order valence-electron chi connectivity index (χ3n) is 3.76. The molecule has 0 aliphatic carbocycles. The van der Waals surface area contributed by atoms with E-state index in [1.54, 1.807) is 4.90 Å². The number of rotatable bonds is 3. The Morgan fingerprint density at radius 1 is 1.33 bits per heavy atom. The van der Waals surface area contributed by atoms with Crippen LogP contribution in [0.2, 0.25) is 0 Å². The fraction of sp³-hybridized carbons (Fsp3) is 0.467. The zero-order valence-electron chi connectivity index (χ0n) is 11.8. The standard InChI is InChI=1S/C15H19N3O3/c19-14-2-1-8-18(14)12-5-3-11(4-6-12)17-15(20)13-10-21-9-7-16-13/h3-6,13,16H,1-2,7-10H2,(H,17,20). The summed E-state index contributed by atoms with van der Waals surface area (Å²) in [6.45, 7) is 2.50. The second kappa shape index (κ2) is 6.24. The molecule has 6 heteroatoms. The number of morpholine rings is 1. The van der Waals surface area contributed by atoms with E-state index in [9.17, 15) is 9.59 Å². The minimum absolute atomic E-state index is 0.0975. The molecule has 2 N–H and O–H groups in total. The molecule has 2 aliphatic heterocycles. The van der Waals surface area contributed by atoms with Gasteiger partial charge in [0.25, 0.3) is 0 Å². The highest BCUT2D eigenvalue weighted by molar-refractivity contribution is 5.97. The molecule has 1 unspecified atom stereocenters. The fourth-order valence-electron chi connectivity index (χ4n) is 2.61. The van der Waals surface area contributed by atoms with Gasteiger partial charge in [-0.25, -0.2) is 0 Å². The molecule has 1 aromatic rings. The number of ether oxygens (including phenoxy) is 1. The van der Waals surface area contributed by atoms with E-state index >= 15 is 0 Å². The Morgan fingerprint density at radius 2 is 2.14 bits per heavy atom. The average molecular weight is 289 g/mol. The number of carbonyl (C=O) groups is 2. The van der Waals surface area contributed by atoms with Crippen LogP contribution in [0.15, 0.2) is 24.3 Å². The quantitative estimate of drug-likeness (QED) is 0.861. The van der Waals surface area contributed by atoms with Gasteiger partial charge in [-0.2, -0.15) is 0 Å². The molecule has 0 radical (unpaired) electrons. The molecule has 2 amide bonds. The Labute approximate surface area is 123 Å². The van der Waals surface area contributed by atoms with Gasteiger partial charge in [-0.15, -0.1) is 0 Å². The molecule has 2 saturated heterocycles. The Hall–Kier alpha value is -1.92. The number of carbonyl (C=O) groups excluding carboxylic acids is 2. The first-order valence-electron chi connectivity index (χ1n) is 7.26. The van der Waals surface area contributed by atoms with Crippen molar-refractivity contribution < 1.29 is 14.3 Å². The molecule has 3 rings (SSSR count). The van der Waals surface area contributed by atoms with Crippen LogP contribution in [0.25, 0.3) is 0 Å². The van der Waals surface area contributed by atoms with Crippen LogP contribution in [0.5, 0.6) is 0 Å². The van der Waals surface area contributed by atoms with E-state index in [4.69, 9.17) is 4.74 Å². The molecule has 2 aliphatic rings. The molecule has 112 valence electrons. The van der Waals surface area contributed by atoms with Crippen molar-refractivity contribution >= 4 is 23.2 Å². The highest BCUT2D eigenvalue weighted by Crippen LogP contribution is 2.23. The van der Waals surface area contributed by atoms with Crippen molar-refractivity contribution in [3.8, 4) is 0 Å². The SMILES string of the molecule is O=C(Nc1ccc(N2CCCC2=O)cc1)C1COCCN1. The minimum Gasteiger partial charge on any atom is -0.378 e. The highest BCUT2D eigenvalue weighted by Gasteiger charge is 2.23. The molecular weight excluding hydrogens is 270 g/mol. The first-order valence-corrected chi connectivity index (χ1v) is 7.26. The van der Waals surface area contributed by atoms with Crippen LogP contribution in [0.3, 0.4) is 0 Å². The maximum atomic E-state index is 12.0. The van der Waals surface area contributed by atoms with Crippen molar-refractivity contribution in [1.82, 2.24) is 5.32 Å². The molecule has 1 aromatic carbocycles. The van der Waals surface area contributed by atoms with E-state index in [1.807, 2.05) is 24.3 Å². The van der Waals surface area contributed by atoms with E-state index in [1.165, 1.54) is 0 Å². The van der Waals surface area contributed by atoms with Crippen molar-refractivity contribution in [2.45, 2.75) is 18.9 Å². The van der Waals surface area contributed by atoms with E-state index in [2.05, 4.69) is 10.6 Å². The van der Waals surface area contributed by atoms with Crippen LogP contribution >= 0.6 is 0 Å². The second-order valence-corrected chi connectivity index (χ2v) is 5.27. The van der Waals surface area contributed by atoms with Gasteiger partial charge in [0, 0.05) is 30.9 Å². The number of nitrogens with one attached hydrogen (secondary N) is 2. The van der Waals surface area contributed by atoms with E-state index in [-0.39, 0.29) is 17.9 Å². The normalized spacial score (nSPS) is 22.4. The number of nitrogens with zero attached hydrogens (tertiary/aromatic N) is 1. The van der Waals surface area contributed by atoms with E-state index in [0.29, 0.717) is 26.2 Å². The summed E-state index contributed by atoms with van der Waals surface area (Å²) in [5.41, 5.74) is 1.61.